The topological polar surface area (TPSA) is 65.6 Å². The molecule has 0 aliphatic carbocycles. The Labute approximate surface area is 213 Å². The van der Waals surface area contributed by atoms with Gasteiger partial charge in [-0.1, -0.05) is 35.9 Å². The number of amides is 1. The van der Waals surface area contributed by atoms with Crippen molar-refractivity contribution in [3.05, 3.63) is 92.4 Å². The molecule has 1 N–H and O–H groups in total. The predicted octanol–water partition coefficient (Wildman–Crippen LogP) is 4.93. The van der Waals surface area contributed by atoms with Gasteiger partial charge in [-0.05, 0) is 41.8 Å². The van der Waals surface area contributed by atoms with E-state index in [1.54, 1.807) is 28.9 Å². The summed E-state index contributed by atoms with van der Waals surface area (Å²) in [5.74, 6) is -3.02. The van der Waals surface area contributed by atoms with E-state index in [1.165, 1.54) is 10.9 Å². The Morgan fingerprint density at radius 1 is 1.17 bits per heavy atom. The van der Waals surface area contributed by atoms with E-state index < -0.39 is 40.9 Å². The van der Waals surface area contributed by atoms with Crippen LogP contribution in [-0.2, 0) is 5.75 Å². The van der Waals surface area contributed by atoms with E-state index in [0.29, 0.717) is 10.8 Å². The Bertz CT molecular complexity index is 1470. The van der Waals surface area contributed by atoms with Crippen LogP contribution >= 0.6 is 23.4 Å². The van der Waals surface area contributed by atoms with Crippen LogP contribution in [0.25, 0.3) is 0 Å². The van der Waals surface area contributed by atoms with Crippen LogP contribution in [0.1, 0.15) is 40.1 Å². The number of thioether (sulfide) groups is 1. The minimum Gasteiger partial charge on any atom is -0.502 e. The summed E-state index contributed by atoms with van der Waals surface area (Å²) in [4.78, 5) is 26.4. The summed E-state index contributed by atoms with van der Waals surface area (Å²) in [6.07, 6.45) is -2.44. The fourth-order valence-corrected chi connectivity index (χ4v) is 5.73. The van der Waals surface area contributed by atoms with E-state index in [2.05, 4.69) is 0 Å². The number of carbonyl (C=O) groups is 1. The lowest BCUT2D eigenvalue weighted by atomic mass is 9.94. The SMILES string of the molecule is CC(C=[N+]1CN([C@H]2c3ccccc3CSc3ccc(Cl)cc32)n2ccc(=O)c(O)c2C1=O)C(F)(F)F. The van der Waals surface area contributed by atoms with Gasteiger partial charge >= 0.3 is 12.1 Å². The molecule has 2 aliphatic rings. The molecule has 0 radical (unpaired) electrons. The van der Waals surface area contributed by atoms with Crippen LogP contribution in [-0.4, -0.2) is 39.3 Å². The van der Waals surface area contributed by atoms with Gasteiger partial charge in [-0.25, -0.2) is 14.5 Å². The summed E-state index contributed by atoms with van der Waals surface area (Å²) >= 11 is 7.97. The average Bonchev–Trinajstić information content (AvgIpc) is 2.98. The number of aromatic nitrogens is 1. The minimum atomic E-state index is -4.58. The van der Waals surface area contributed by atoms with Crippen molar-refractivity contribution in [3.63, 3.8) is 0 Å². The largest absolute Gasteiger partial charge is 0.502 e. The first-order chi connectivity index (χ1) is 17.1. The van der Waals surface area contributed by atoms with Gasteiger partial charge in [-0.3, -0.25) is 4.79 Å². The van der Waals surface area contributed by atoms with Crippen molar-refractivity contribution in [3.8, 4) is 5.75 Å². The first-order valence-electron chi connectivity index (χ1n) is 11.0. The quantitative estimate of drug-likeness (QED) is 0.472. The Balaban J connectivity index is 1.78. The molecule has 2 aliphatic heterocycles. The third-order valence-corrected chi connectivity index (χ3v) is 7.68. The molecular weight excluding hydrogens is 515 g/mol. The highest BCUT2D eigenvalue weighted by molar-refractivity contribution is 7.98. The van der Waals surface area contributed by atoms with Crippen LogP contribution in [0, 0.1) is 5.92 Å². The molecule has 2 aromatic carbocycles. The molecule has 0 saturated heterocycles. The number of benzene rings is 2. The maximum Gasteiger partial charge on any atom is 0.443 e. The molecule has 3 aromatic rings. The highest BCUT2D eigenvalue weighted by Gasteiger charge is 2.44. The van der Waals surface area contributed by atoms with E-state index in [4.69, 9.17) is 11.6 Å². The number of fused-ring (bicyclic) bond motifs is 3. The molecule has 0 fully saturated rings. The lowest BCUT2D eigenvalue weighted by molar-refractivity contribution is -0.436. The Hall–Kier alpha value is -3.24. The second-order valence-corrected chi connectivity index (χ2v) is 10.1. The summed E-state index contributed by atoms with van der Waals surface area (Å²) in [5.41, 5.74) is 1.45. The molecule has 0 spiro atoms. The minimum absolute atomic E-state index is 0.260. The van der Waals surface area contributed by atoms with Gasteiger partial charge in [0.15, 0.2) is 12.0 Å². The molecule has 1 unspecified atom stereocenters. The zero-order chi connectivity index (χ0) is 25.8. The van der Waals surface area contributed by atoms with E-state index in [0.717, 1.165) is 45.4 Å². The summed E-state index contributed by atoms with van der Waals surface area (Å²) in [7, 11) is 0. The first-order valence-corrected chi connectivity index (χ1v) is 12.4. The number of halogens is 4. The van der Waals surface area contributed by atoms with Crippen LogP contribution in [0.15, 0.2) is 64.4 Å². The molecule has 1 aromatic heterocycles. The van der Waals surface area contributed by atoms with Gasteiger partial charge in [0, 0.05) is 27.9 Å². The van der Waals surface area contributed by atoms with Gasteiger partial charge < -0.3 is 5.11 Å². The molecule has 0 bridgehead atoms. The van der Waals surface area contributed by atoms with Crippen LogP contribution in [0.5, 0.6) is 5.75 Å². The average molecular weight is 535 g/mol. The van der Waals surface area contributed by atoms with Gasteiger partial charge in [0.05, 0.1) is 0 Å². The Morgan fingerprint density at radius 2 is 1.92 bits per heavy atom. The summed E-state index contributed by atoms with van der Waals surface area (Å²) in [5, 5.41) is 12.7. The standard InChI is InChI=1S/C25H19ClF3N3O3S/c1-14(25(27,28)29)11-30-13-32(31-9-8-19(33)23(34)22(31)24(30)35)21-17-5-3-2-4-15(17)12-36-20-7-6-16(26)10-18(20)21/h2-11,14,21H,12-13H2,1H3/p+1/t14?,21-/m0/s1. The van der Waals surface area contributed by atoms with Gasteiger partial charge in [0.2, 0.25) is 17.8 Å². The molecule has 6 nitrogen and oxygen atoms in total. The Kier molecular flexibility index (Phi) is 6.12. The molecule has 3 heterocycles. The number of carbonyl (C=O) groups excluding carboxylic acids is 1. The lowest BCUT2D eigenvalue weighted by Gasteiger charge is -2.37. The van der Waals surface area contributed by atoms with Gasteiger partial charge in [0.1, 0.15) is 12.0 Å². The third kappa shape index (κ3) is 4.18. The van der Waals surface area contributed by atoms with Crippen molar-refractivity contribution in [1.82, 2.24) is 4.68 Å². The number of hydrogen-bond donors (Lipinski definition) is 1. The molecule has 0 saturated carbocycles. The van der Waals surface area contributed by atoms with Crippen molar-refractivity contribution < 1.29 is 27.6 Å². The number of nitrogens with zero attached hydrogens (tertiary/aromatic N) is 3. The van der Waals surface area contributed by atoms with Crippen LogP contribution in [0.3, 0.4) is 0 Å². The van der Waals surface area contributed by atoms with Crippen molar-refractivity contribution >= 4 is 35.5 Å². The van der Waals surface area contributed by atoms with Crippen molar-refractivity contribution in [2.24, 2.45) is 5.92 Å². The van der Waals surface area contributed by atoms with E-state index in [1.807, 2.05) is 30.3 Å². The third-order valence-electron chi connectivity index (χ3n) is 6.31. The smallest absolute Gasteiger partial charge is 0.443 e. The summed E-state index contributed by atoms with van der Waals surface area (Å²) < 4.78 is 42.5. The number of rotatable bonds is 2. The highest BCUT2D eigenvalue weighted by atomic mass is 35.5. The lowest BCUT2D eigenvalue weighted by Crippen LogP contribution is -2.53. The fourth-order valence-electron chi connectivity index (χ4n) is 4.47. The molecular formula is C25H20ClF3N3O3S+. The predicted molar refractivity (Wildman–Crippen MR) is 131 cm³/mol. The van der Waals surface area contributed by atoms with Gasteiger partial charge in [-0.15, -0.1) is 16.3 Å². The number of hydrogen-bond acceptors (Lipinski definition) is 5. The highest BCUT2D eigenvalue weighted by Crippen LogP contribution is 2.43. The molecule has 2 atom stereocenters. The van der Waals surface area contributed by atoms with Crippen molar-refractivity contribution in [2.45, 2.75) is 29.8 Å². The summed E-state index contributed by atoms with van der Waals surface area (Å²) in [6.45, 7) is 0.682. The molecule has 186 valence electrons. The maximum atomic E-state index is 13.4. The Morgan fingerprint density at radius 3 is 2.67 bits per heavy atom. The zero-order valence-electron chi connectivity index (χ0n) is 18.9. The van der Waals surface area contributed by atoms with Crippen molar-refractivity contribution in [1.29, 1.82) is 0 Å². The number of aromatic hydroxyl groups is 1. The normalized spacial score (nSPS) is 19.4. The zero-order valence-corrected chi connectivity index (χ0v) is 20.4. The molecule has 11 heteroatoms. The van der Waals surface area contributed by atoms with E-state index in [9.17, 15) is 27.9 Å². The maximum absolute atomic E-state index is 13.4. The van der Waals surface area contributed by atoms with E-state index in [-0.39, 0.29) is 6.67 Å². The fraction of sp³-hybridized carbons (Fsp3) is 0.240. The summed E-state index contributed by atoms with van der Waals surface area (Å²) in [6, 6.07) is 13.6. The van der Waals surface area contributed by atoms with E-state index >= 15 is 0 Å². The van der Waals surface area contributed by atoms with Crippen LogP contribution < -0.4 is 10.4 Å². The van der Waals surface area contributed by atoms with Crippen molar-refractivity contribution in [2.75, 3.05) is 11.7 Å². The number of alkyl halides is 3. The molecule has 5 rings (SSSR count). The van der Waals surface area contributed by atoms with Crippen LogP contribution in [0.2, 0.25) is 5.02 Å². The molecule has 36 heavy (non-hydrogen) atoms. The van der Waals surface area contributed by atoms with Gasteiger partial charge in [-0.2, -0.15) is 13.2 Å². The molecule has 1 amide bonds. The second kappa shape index (κ2) is 9.01. The first kappa shape index (κ1) is 24.5. The second-order valence-electron chi connectivity index (χ2n) is 8.63. The number of pyridine rings is 1. The van der Waals surface area contributed by atoms with Gasteiger partial charge in [0.25, 0.3) is 0 Å². The van der Waals surface area contributed by atoms with Crippen LogP contribution in [0.4, 0.5) is 13.2 Å². The monoisotopic (exact) mass is 534 g/mol.